The van der Waals surface area contributed by atoms with Crippen LogP contribution in [0.5, 0.6) is 5.75 Å². The van der Waals surface area contributed by atoms with Gasteiger partial charge in [-0.2, -0.15) is 0 Å². The first-order valence-electron chi connectivity index (χ1n) is 8.62. The third-order valence-corrected chi connectivity index (χ3v) is 4.02. The SMILES string of the molecule is CN=C(NCCc1ccc(C)nc1)N(C)CCOc1ccccc1C. The summed E-state index contributed by atoms with van der Waals surface area (Å²) in [5.74, 6) is 1.80. The minimum atomic E-state index is 0.615. The van der Waals surface area contributed by atoms with Gasteiger partial charge in [-0.25, -0.2) is 0 Å². The van der Waals surface area contributed by atoms with Crippen molar-refractivity contribution < 1.29 is 4.74 Å². The Bertz CT molecular complexity index is 682. The summed E-state index contributed by atoms with van der Waals surface area (Å²) >= 11 is 0. The lowest BCUT2D eigenvalue weighted by Crippen LogP contribution is -2.41. The molecule has 134 valence electrons. The molecule has 0 saturated carbocycles. The van der Waals surface area contributed by atoms with Crippen molar-refractivity contribution in [2.45, 2.75) is 20.3 Å². The number of aromatic nitrogens is 1. The molecule has 1 N–H and O–H groups in total. The Kier molecular flexibility index (Phi) is 7.26. The zero-order valence-corrected chi connectivity index (χ0v) is 15.6. The van der Waals surface area contributed by atoms with Gasteiger partial charge in [0.05, 0.1) is 6.54 Å². The van der Waals surface area contributed by atoms with Crippen LogP contribution >= 0.6 is 0 Å². The van der Waals surface area contributed by atoms with Crippen molar-refractivity contribution >= 4 is 5.96 Å². The first-order valence-corrected chi connectivity index (χ1v) is 8.62. The number of nitrogens with one attached hydrogen (secondary N) is 1. The number of benzene rings is 1. The highest BCUT2D eigenvalue weighted by Crippen LogP contribution is 2.15. The predicted octanol–water partition coefficient (Wildman–Crippen LogP) is 2.83. The number of ether oxygens (including phenoxy) is 1. The molecule has 0 fully saturated rings. The third kappa shape index (κ3) is 6.10. The monoisotopic (exact) mass is 340 g/mol. The van der Waals surface area contributed by atoms with Crippen LogP contribution in [0.3, 0.4) is 0 Å². The smallest absolute Gasteiger partial charge is 0.193 e. The number of pyridine rings is 1. The van der Waals surface area contributed by atoms with E-state index in [1.54, 1.807) is 7.05 Å². The number of nitrogens with zero attached hydrogens (tertiary/aromatic N) is 3. The van der Waals surface area contributed by atoms with Crippen LogP contribution in [-0.4, -0.2) is 49.6 Å². The van der Waals surface area contributed by atoms with Gasteiger partial charge in [0.25, 0.3) is 0 Å². The summed E-state index contributed by atoms with van der Waals surface area (Å²) in [5, 5.41) is 3.38. The zero-order valence-electron chi connectivity index (χ0n) is 15.6. The van der Waals surface area contributed by atoms with Crippen molar-refractivity contribution in [3.8, 4) is 5.75 Å². The second-order valence-electron chi connectivity index (χ2n) is 6.07. The zero-order chi connectivity index (χ0) is 18.1. The normalized spacial score (nSPS) is 11.3. The Balaban J connectivity index is 1.74. The number of aryl methyl sites for hydroxylation is 2. The number of likely N-dealkylation sites (N-methyl/N-ethyl adjacent to an activating group) is 1. The molecule has 0 atom stereocenters. The molecule has 0 unspecified atom stereocenters. The van der Waals surface area contributed by atoms with Crippen molar-refractivity contribution in [1.82, 2.24) is 15.2 Å². The molecule has 5 nitrogen and oxygen atoms in total. The minimum absolute atomic E-state index is 0.615. The van der Waals surface area contributed by atoms with E-state index in [1.807, 2.05) is 44.4 Å². The van der Waals surface area contributed by atoms with Gasteiger partial charge < -0.3 is 15.0 Å². The predicted molar refractivity (Wildman–Crippen MR) is 103 cm³/mol. The number of hydrogen-bond donors (Lipinski definition) is 1. The second-order valence-corrected chi connectivity index (χ2v) is 6.07. The fourth-order valence-electron chi connectivity index (χ4n) is 2.47. The average Bonchev–Trinajstić information content (AvgIpc) is 2.62. The van der Waals surface area contributed by atoms with Crippen LogP contribution in [0, 0.1) is 13.8 Å². The molecule has 1 aromatic heterocycles. The van der Waals surface area contributed by atoms with Crippen molar-refractivity contribution in [3.05, 3.63) is 59.4 Å². The largest absolute Gasteiger partial charge is 0.491 e. The standard InChI is InChI=1S/C20H28N4O/c1-16-7-5-6-8-19(16)25-14-13-24(4)20(21-3)22-12-11-18-10-9-17(2)23-15-18/h5-10,15H,11-14H2,1-4H3,(H,21,22). The van der Waals surface area contributed by atoms with Crippen LogP contribution < -0.4 is 10.1 Å². The lowest BCUT2D eigenvalue weighted by Gasteiger charge is -2.22. The quantitative estimate of drug-likeness (QED) is 0.622. The van der Waals surface area contributed by atoms with E-state index >= 15 is 0 Å². The van der Waals surface area contributed by atoms with E-state index in [4.69, 9.17) is 4.74 Å². The Hall–Kier alpha value is -2.56. The summed E-state index contributed by atoms with van der Waals surface area (Å²) in [7, 11) is 3.82. The highest BCUT2D eigenvalue weighted by atomic mass is 16.5. The molecule has 0 aliphatic rings. The molecule has 0 aliphatic heterocycles. The summed E-state index contributed by atoms with van der Waals surface area (Å²) in [6.45, 7) is 6.25. The van der Waals surface area contributed by atoms with E-state index in [1.165, 1.54) is 5.56 Å². The maximum absolute atomic E-state index is 5.85. The highest BCUT2D eigenvalue weighted by molar-refractivity contribution is 5.79. The van der Waals surface area contributed by atoms with Gasteiger partial charge in [0, 0.05) is 32.5 Å². The summed E-state index contributed by atoms with van der Waals surface area (Å²) in [5.41, 5.74) is 3.42. The fraction of sp³-hybridized carbons (Fsp3) is 0.400. The molecule has 1 aromatic carbocycles. The Morgan fingerprint density at radius 1 is 1.20 bits per heavy atom. The Morgan fingerprint density at radius 3 is 2.68 bits per heavy atom. The van der Waals surface area contributed by atoms with E-state index < -0.39 is 0 Å². The summed E-state index contributed by atoms with van der Waals surface area (Å²) in [4.78, 5) is 10.7. The molecular weight excluding hydrogens is 312 g/mol. The van der Waals surface area contributed by atoms with Gasteiger partial charge >= 0.3 is 0 Å². The lowest BCUT2D eigenvalue weighted by atomic mass is 10.2. The van der Waals surface area contributed by atoms with Gasteiger partial charge in [-0.05, 0) is 43.5 Å². The van der Waals surface area contributed by atoms with Crippen LogP contribution in [-0.2, 0) is 6.42 Å². The number of guanidine groups is 1. The van der Waals surface area contributed by atoms with E-state index in [0.29, 0.717) is 6.61 Å². The molecule has 0 aliphatic carbocycles. The van der Waals surface area contributed by atoms with Crippen LogP contribution in [0.4, 0.5) is 0 Å². The fourth-order valence-corrected chi connectivity index (χ4v) is 2.47. The van der Waals surface area contributed by atoms with E-state index in [9.17, 15) is 0 Å². The maximum atomic E-state index is 5.85. The van der Waals surface area contributed by atoms with Crippen LogP contribution in [0.1, 0.15) is 16.8 Å². The molecule has 5 heteroatoms. The molecular formula is C20H28N4O. The van der Waals surface area contributed by atoms with Gasteiger partial charge in [0.1, 0.15) is 12.4 Å². The number of rotatable bonds is 7. The van der Waals surface area contributed by atoms with Crippen LogP contribution in [0.25, 0.3) is 0 Å². The number of para-hydroxylation sites is 1. The Morgan fingerprint density at radius 2 is 2.00 bits per heavy atom. The van der Waals surface area contributed by atoms with E-state index in [-0.39, 0.29) is 0 Å². The molecule has 2 aromatic rings. The van der Waals surface area contributed by atoms with E-state index in [0.717, 1.165) is 42.5 Å². The molecule has 0 spiro atoms. The summed E-state index contributed by atoms with van der Waals surface area (Å²) in [6, 6.07) is 12.2. The number of aliphatic imine (C=N–C) groups is 1. The summed E-state index contributed by atoms with van der Waals surface area (Å²) in [6.07, 6.45) is 2.85. The topological polar surface area (TPSA) is 49.8 Å². The van der Waals surface area contributed by atoms with Crippen LogP contribution in [0.2, 0.25) is 0 Å². The summed E-state index contributed by atoms with van der Waals surface area (Å²) < 4.78 is 5.85. The maximum Gasteiger partial charge on any atom is 0.193 e. The Labute approximate surface area is 150 Å². The molecule has 0 amide bonds. The molecule has 2 rings (SSSR count). The molecule has 0 saturated heterocycles. The van der Waals surface area contributed by atoms with E-state index in [2.05, 4.69) is 39.2 Å². The van der Waals surface area contributed by atoms with Gasteiger partial charge in [-0.15, -0.1) is 0 Å². The van der Waals surface area contributed by atoms with Gasteiger partial charge in [0.15, 0.2) is 5.96 Å². The van der Waals surface area contributed by atoms with Crippen molar-refractivity contribution in [2.24, 2.45) is 4.99 Å². The lowest BCUT2D eigenvalue weighted by molar-refractivity contribution is 0.280. The third-order valence-electron chi connectivity index (χ3n) is 4.02. The van der Waals surface area contributed by atoms with Gasteiger partial charge in [-0.3, -0.25) is 9.98 Å². The van der Waals surface area contributed by atoms with Crippen LogP contribution in [0.15, 0.2) is 47.6 Å². The highest BCUT2D eigenvalue weighted by Gasteiger charge is 2.06. The molecule has 0 bridgehead atoms. The first kappa shape index (κ1) is 18.8. The van der Waals surface area contributed by atoms with Gasteiger partial charge in [0.2, 0.25) is 0 Å². The molecule has 25 heavy (non-hydrogen) atoms. The van der Waals surface area contributed by atoms with Crippen molar-refractivity contribution in [3.63, 3.8) is 0 Å². The molecule has 1 heterocycles. The van der Waals surface area contributed by atoms with Gasteiger partial charge in [-0.1, -0.05) is 24.3 Å². The average molecular weight is 340 g/mol. The van der Waals surface area contributed by atoms with Crippen molar-refractivity contribution in [1.29, 1.82) is 0 Å². The molecule has 0 radical (unpaired) electrons. The minimum Gasteiger partial charge on any atom is -0.491 e. The van der Waals surface area contributed by atoms with Crippen molar-refractivity contribution in [2.75, 3.05) is 33.8 Å². The number of hydrogen-bond acceptors (Lipinski definition) is 3. The second kappa shape index (κ2) is 9.67. The first-order chi connectivity index (χ1) is 12.1.